The zero-order valence-electron chi connectivity index (χ0n) is 17.6. The van der Waals surface area contributed by atoms with Crippen LogP contribution in [-0.4, -0.2) is 23.9 Å². The number of benzene rings is 2. The molecule has 0 unspecified atom stereocenters. The van der Waals surface area contributed by atoms with Crippen LogP contribution in [0.15, 0.2) is 41.6 Å². The van der Waals surface area contributed by atoms with E-state index in [1.165, 1.54) is 24.7 Å². The summed E-state index contributed by atoms with van der Waals surface area (Å²) < 4.78 is 0. The van der Waals surface area contributed by atoms with Gasteiger partial charge in [0.2, 0.25) is 0 Å². The fourth-order valence-electron chi connectivity index (χ4n) is 4.10. The van der Waals surface area contributed by atoms with Crippen LogP contribution in [0, 0.1) is 6.92 Å². The molecule has 0 saturated heterocycles. The number of hydrogen-bond donors (Lipinski definition) is 1. The van der Waals surface area contributed by atoms with Crippen molar-refractivity contribution >= 4 is 11.7 Å². The molecule has 148 valence electrons. The smallest absolute Gasteiger partial charge is 0.335 e. The van der Waals surface area contributed by atoms with Crippen molar-refractivity contribution in [1.29, 1.82) is 0 Å². The molecule has 1 aliphatic carbocycles. The topological polar surface area (TPSA) is 58.9 Å². The average Bonchev–Trinajstić information content (AvgIpc) is 2.64. The first-order chi connectivity index (χ1) is 13.1. The number of carboxylic acid groups (broad SMARTS) is 1. The monoisotopic (exact) mass is 379 g/mol. The quantitative estimate of drug-likeness (QED) is 0.568. The van der Waals surface area contributed by atoms with E-state index in [4.69, 9.17) is 9.94 Å². The highest BCUT2D eigenvalue weighted by Gasteiger charge is 2.37. The second-order valence-electron chi connectivity index (χ2n) is 8.99. The summed E-state index contributed by atoms with van der Waals surface area (Å²) in [4.78, 5) is 16.3. The molecule has 2 aromatic rings. The molecule has 3 rings (SSSR count). The molecule has 0 fully saturated rings. The summed E-state index contributed by atoms with van der Waals surface area (Å²) in [5, 5.41) is 13.5. The fourth-order valence-corrected chi connectivity index (χ4v) is 4.10. The van der Waals surface area contributed by atoms with Crippen LogP contribution in [0.2, 0.25) is 0 Å². The molecule has 1 aliphatic rings. The van der Waals surface area contributed by atoms with Crippen LogP contribution in [0.4, 0.5) is 0 Å². The Morgan fingerprint density at radius 1 is 0.964 bits per heavy atom. The molecule has 4 heteroatoms. The van der Waals surface area contributed by atoms with E-state index in [1.807, 2.05) is 0 Å². The Kier molecular flexibility index (Phi) is 5.09. The first-order valence-electron chi connectivity index (χ1n) is 9.68. The molecule has 0 aromatic heterocycles. The summed E-state index contributed by atoms with van der Waals surface area (Å²) in [6, 6.07) is 11.3. The maximum Gasteiger partial charge on any atom is 0.335 e. The largest absolute Gasteiger partial charge is 0.478 e. The van der Waals surface area contributed by atoms with Crippen LogP contribution in [-0.2, 0) is 15.7 Å². The van der Waals surface area contributed by atoms with Crippen LogP contribution in [0.3, 0.4) is 0 Å². The lowest BCUT2D eigenvalue weighted by atomic mass is 9.62. The number of oxime groups is 1. The van der Waals surface area contributed by atoms with Gasteiger partial charge < -0.3 is 9.94 Å². The Morgan fingerprint density at radius 3 is 1.96 bits per heavy atom. The van der Waals surface area contributed by atoms with Gasteiger partial charge in [0.05, 0.1) is 5.56 Å². The van der Waals surface area contributed by atoms with Crippen molar-refractivity contribution in [3.05, 3.63) is 69.8 Å². The normalized spacial score (nSPS) is 17.7. The highest BCUT2D eigenvalue weighted by molar-refractivity contribution is 6.14. The van der Waals surface area contributed by atoms with E-state index >= 15 is 0 Å². The minimum atomic E-state index is -0.939. The second-order valence-corrected chi connectivity index (χ2v) is 8.99. The number of rotatable bonds is 4. The molecule has 1 N–H and O–H groups in total. The van der Waals surface area contributed by atoms with Crippen molar-refractivity contribution in [3.8, 4) is 0 Å². The third kappa shape index (κ3) is 3.56. The highest BCUT2D eigenvalue weighted by Crippen LogP contribution is 2.46. The zero-order valence-corrected chi connectivity index (χ0v) is 17.6. The van der Waals surface area contributed by atoms with Gasteiger partial charge in [0.25, 0.3) is 0 Å². The molecule has 2 aromatic carbocycles. The molecule has 0 amide bonds. The van der Waals surface area contributed by atoms with E-state index in [0.29, 0.717) is 0 Å². The molecule has 0 spiro atoms. The average molecular weight is 380 g/mol. The van der Waals surface area contributed by atoms with Gasteiger partial charge in [-0.1, -0.05) is 51.0 Å². The van der Waals surface area contributed by atoms with Gasteiger partial charge >= 0.3 is 5.97 Å². The third-order valence-corrected chi connectivity index (χ3v) is 6.04. The summed E-state index contributed by atoms with van der Waals surface area (Å²) in [7, 11) is 1.53. The zero-order chi connectivity index (χ0) is 20.7. The minimum Gasteiger partial charge on any atom is -0.478 e. The van der Waals surface area contributed by atoms with Crippen LogP contribution in [0.5, 0.6) is 0 Å². The molecular formula is C24H29NO3. The molecule has 0 atom stereocenters. The Morgan fingerprint density at radius 2 is 1.46 bits per heavy atom. The number of aromatic carboxylic acids is 1. The molecule has 0 radical (unpaired) electrons. The molecule has 0 heterocycles. The van der Waals surface area contributed by atoms with Crippen molar-refractivity contribution in [2.24, 2.45) is 5.16 Å². The number of nitrogens with zero attached hydrogens (tertiary/aromatic N) is 1. The predicted molar refractivity (Wildman–Crippen MR) is 113 cm³/mol. The lowest BCUT2D eigenvalue weighted by molar-refractivity contribution is 0.0697. The first-order valence-corrected chi connectivity index (χ1v) is 9.68. The van der Waals surface area contributed by atoms with Crippen LogP contribution >= 0.6 is 0 Å². The molecule has 0 saturated carbocycles. The number of carbonyl (C=O) groups is 1. The van der Waals surface area contributed by atoms with Crippen molar-refractivity contribution in [2.75, 3.05) is 7.11 Å². The van der Waals surface area contributed by atoms with E-state index in [2.05, 4.69) is 51.9 Å². The predicted octanol–water partition coefficient (Wildman–Crippen LogP) is 5.44. The van der Waals surface area contributed by atoms with Gasteiger partial charge in [-0.2, -0.15) is 0 Å². The van der Waals surface area contributed by atoms with E-state index in [9.17, 15) is 4.79 Å². The lowest BCUT2D eigenvalue weighted by Crippen LogP contribution is -2.34. The maximum atomic E-state index is 11.2. The van der Waals surface area contributed by atoms with Crippen molar-refractivity contribution in [2.45, 2.75) is 58.3 Å². The number of hydrogen-bond acceptors (Lipinski definition) is 3. The Balaban J connectivity index is 2.18. The summed E-state index contributed by atoms with van der Waals surface area (Å²) in [6.07, 6.45) is 2.31. The van der Waals surface area contributed by atoms with E-state index < -0.39 is 5.97 Å². The molecule has 4 nitrogen and oxygen atoms in total. The standard InChI is InChI=1S/C24H29NO3/c1-15-13-19-20(24(4,5)12-11-23(19,2)3)14-18(15)21(25-28-6)16-7-9-17(10-8-16)22(26)27/h7-10,13-14H,11-12H2,1-6H3,(H,26,27). The SMILES string of the molecule is CON=C(c1ccc(C(=O)O)cc1)c1cc2c(cc1C)C(C)(C)CCC2(C)C. The van der Waals surface area contributed by atoms with E-state index in [-0.39, 0.29) is 16.4 Å². The summed E-state index contributed by atoms with van der Waals surface area (Å²) >= 11 is 0. The molecular weight excluding hydrogens is 350 g/mol. The minimum absolute atomic E-state index is 0.0959. The molecule has 0 aliphatic heterocycles. The van der Waals surface area contributed by atoms with Gasteiger partial charge in [0.15, 0.2) is 0 Å². The lowest BCUT2D eigenvalue weighted by Gasteiger charge is -2.42. The van der Waals surface area contributed by atoms with Crippen LogP contribution in [0.1, 0.15) is 78.7 Å². The Hall–Kier alpha value is -2.62. The summed E-state index contributed by atoms with van der Waals surface area (Å²) in [5.74, 6) is -0.939. The van der Waals surface area contributed by atoms with Gasteiger partial charge in [-0.05, 0) is 65.5 Å². The summed E-state index contributed by atoms with van der Waals surface area (Å²) in [5.41, 5.74) is 6.98. The third-order valence-electron chi connectivity index (χ3n) is 6.04. The highest BCUT2D eigenvalue weighted by atomic mass is 16.6. The van der Waals surface area contributed by atoms with Crippen LogP contribution in [0.25, 0.3) is 0 Å². The fraction of sp³-hybridized carbons (Fsp3) is 0.417. The number of aryl methyl sites for hydroxylation is 1. The molecule has 28 heavy (non-hydrogen) atoms. The van der Waals surface area contributed by atoms with Crippen LogP contribution < -0.4 is 0 Å². The van der Waals surface area contributed by atoms with E-state index in [0.717, 1.165) is 28.8 Å². The second kappa shape index (κ2) is 7.08. The van der Waals surface area contributed by atoms with Gasteiger partial charge in [0.1, 0.15) is 12.8 Å². The maximum absolute atomic E-state index is 11.2. The van der Waals surface area contributed by atoms with Gasteiger partial charge in [-0.3, -0.25) is 0 Å². The Labute approximate surface area is 167 Å². The van der Waals surface area contributed by atoms with Crippen molar-refractivity contribution in [1.82, 2.24) is 0 Å². The van der Waals surface area contributed by atoms with Gasteiger partial charge in [-0.25, -0.2) is 4.79 Å². The van der Waals surface area contributed by atoms with Crippen molar-refractivity contribution in [3.63, 3.8) is 0 Å². The number of carboxylic acids is 1. The Bertz CT molecular complexity index is 937. The first kappa shape index (κ1) is 20.1. The summed E-state index contributed by atoms with van der Waals surface area (Å²) in [6.45, 7) is 11.3. The van der Waals surface area contributed by atoms with Crippen molar-refractivity contribution < 1.29 is 14.7 Å². The van der Waals surface area contributed by atoms with Gasteiger partial charge in [-0.15, -0.1) is 0 Å². The van der Waals surface area contributed by atoms with E-state index in [1.54, 1.807) is 24.3 Å². The number of fused-ring (bicyclic) bond motifs is 1. The molecule has 0 bridgehead atoms. The van der Waals surface area contributed by atoms with Gasteiger partial charge in [0, 0.05) is 11.1 Å².